The van der Waals surface area contributed by atoms with Crippen LogP contribution in [0.4, 0.5) is 0 Å². The summed E-state index contributed by atoms with van der Waals surface area (Å²) in [5.74, 6) is 0.547. The number of hydrogen-bond acceptors (Lipinski definition) is 5. The molecule has 6 heteroatoms. The summed E-state index contributed by atoms with van der Waals surface area (Å²) in [4.78, 5) is 22.3. The summed E-state index contributed by atoms with van der Waals surface area (Å²) in [5.41, 5.74) is 3.95. The molecule has 0 saturated carbocycles. The molecule has 0 aliphatic heterocycles. The van der Waals surface area contributed by atoms with E-state index in [1.54, 1.807) is 11.3 Å². The molecule has 193 valence electrons. The van der Waals surface area contributed by atoms with Gasteiger partial charge in [-0.3, -0.25) is 14.8 Å². The number of pyridine rings is 2. The standard InChI is InChI=1S/C17H11N2S.C13H24O2.Ir/c1-11-10-13-16-14(8-5-9-18-16)19-15(17(13)20-11)12-6-3-2-4-7-12;1-5-10(6-2)12(14)9-13(15)11(7-3)8-4;/h2-6,8-10H,1H3;9-11,14H,5-8H2,1-4H3;/q-1;;/b;12-9-;. The molecular weight excluding hydrogens is 645 g/mol. The predicted octanol–water partition coefficient (Wildman–Crippen LogP) is 8.49. The number of hydrogen-bond donors (Lipinski definition) is 1. The van der Waals surface area contributed by atoms with Crippen molar-refractivity contribution in [3.63, 3.8) is 0 Å². The van der Waals surface area contributed by atoms with Gasteiger partial charge in [-0.25, -0.2) is 0 Å². The number of carbonyl (C=O) groups excluding carboxylic acids is 1. The third kappa shape index (κ3) is 7.09. The minimum atomic E-state index is 0. The number of rotatable bonds is 8. The van der Waals surface area contributed by atoms with E-state index in [1.165, 1.54) is 21.0 Å². The van der Waals surface area contributed by atoms with Crippen LogP contribution in [0.5, 0.6) is 0 Å². The van der Waals surface area contributed by atoms with Crippen LogP contribution in [0.25, 0.3) is 32.4 Å². The van der Waals surface area contributed by atoms with E-state index in [2.05, 4.69) is 30.1 Å². The van der Waals surface area contributed by atoms with Crippen molar-refractivity contribution in [3.8, 4) is 11.3 Å². The average Bonchev–Trinajstić information content (AvgIpc) is 3.27. The Morgan fingerprint density at radius 2 is 1.75 bits per heavy atom. The number of aryl methyl sites for hydroxylation is 1. The SMILES string of the molecule is CCC(CC)C(=O)/C=C(\O)C(CC)CC.Cc1cc2c(s1)c(-c1[c-]cccc1)nc1cccnc12.[Ir]. The molecule has 3 heterocycles. The molecule has 4 rings (SSSR count). The molecule has 3 aromatic heterocycles. The van der Waals surface area contributed by atoms with E-state index in [-0.39, 0.29) is 43.5 Å². The zero-order valence-corrected chi connectivity index (χ0v) is 24.9. The smallest absolute Gasteiger partial charge is 0.162 e. The zero-order chi connectivity index (χ0) is 25.4. The van der Waals surface area contributed by atoms with Crippen molar-refractivity contribution in [1.82, 2.24) is 9.97 Å². The first-order valence-electron chi connectivity index (χ1n) is 12.5. The second-order valence-corrected chi connectivity index (χ2v) is 9.96. The molecule has 0 fully saturated rings. The van der Waals surface area contributed by atoms with E-state index in [9.17, 15) is 9.90 Å². The fourth-order valence-corrected chi connectivity index (χ4v) is 5.25. The molecule has 0 aliphatic rings. The van der Waals surface area contributed by atoms with Gasteiger partial charge in [0.15, 0.2) is 5.78 Å². The second-order valence-electron chi connectivity index (χ2n) is 8.71. The van der Waals surface area contributed by atoms with Gasteiger partial charge < -0.3 is 5.11 Å². The average molecular weight is 680 g/mol. The van der Waals surface area contributed by atoms with E-state index in [0.717, 1.165) is 48.0 Å². The molecule has 0 bridgehead atoms. The third-order valence-electron chi connectivity index (χ3n) is 6.39. The normalized spacial score (nSPS) is 11.5. The van der Waals surface area contributed by atoms with E-state index < -0.39 is 0 Å². The Balaban J connectivity index is 0.000000260. The summed E-state index contributed by atoms with van der Waals surface area (Å²) >= 11 is 1.77. The van der Waals surface area contributed by atoms with Gasteiger partial charge in [0, 0.05) is 64.9 Å². The molecule has 4 nitrogen and oxygen atoms in total. The Hall–Kier alpha value is -2.40. The molecule has 0 unspecified atom stereocenters. The maximum Gasteiger partial charge on any atom is 0.162 e. The molecule has 0 saturated heterocycles. The van der Waals surface area contributed by atoms with Crippen molar-refractivity contribution in [2.24, 2.45) is 11.8 Å². The van der Waals surface area contributed by atoms with E-state index >= 15 is 0 Å². The van der Waals surface area contributed by atoms with Gasteiger partial charge in [0.1, 0.15) is 0 Å². The van der Waals surface area contributed by atoms with Gasteiger partial charge in [-0.15, -0.1) is 47.2 Å². The quantitative estimate of drug-likeness (QED) is 0.115. The molecule has 1 radical (unpaired) electrons. The second kappa shape index (κ2) is 14.4. The first-order chi connectivity index (χ1) is 16.9. The van der Waals surface area contributed by atoms with Gasteiger partial charge in [0.05, 0.1) is 16.8 Å². The van der Waals surface area contributed by atoms with Gasteiger partial charge >= 0.3 is 0 Å². The first-order valence-corrected chi connectivity index (χ1v) is 13.3. The summed E-state index contributed by atoms with van der Waals surface area (Å²) in [7, 11) is 0. The van der Waals surface area contributed by atoms with Crippen molar-refractivity contribution in [1.29, 1.82) is 0 Å². The van der Waals surface area contributed by atoms with Crippen LogP contribution < -0.4 is 0 Å². The Bertz CT molecular complexity index is 1290. The molecule has 1 N–H and O–H groups in total. The molecule has 1 aromatic carbocycles. The van der Waals surface area contributed by atoms with Crippen LogP contribution in [0.1, 0.15) is 58.3 Å². The van der Waals surface area contributed by atoms with Gasteiger partial charge in [0.2, 0.25) is 0 Å². The van der Waals surface area contributed by atoms with Crippen LogP contribution in [0, 0.1) is 24.8 Å². The first kappa shape index (κ1) is 29.8. The molecular formula is C30H35IrN2O2S-. The molecule has 36 heavy (non-hydrogen) atoms. The van der Waals surface area contributed by atoms with Gasteiger partial charge in [-0.2, -0.15) is 0 Å². The van der Waals surface area contributed by atoms with Gasteiger partial charge in [-0.1, -0.05) is 27.7 Å². The molecule has 0 amide bonds. The van der Waals surface area contributed by atoms with Crippen molar-refractivity contribution in [3.05, 3.63) is 71.4 Å². The predicted molar refractivity (Wildman–Crippen MR) is 148 cm³/mol. The number of aliphatic hydroxyl groups is 1. The van der Waals surface area contributed by atoms with Crippen molar-refractivity contribution in [2.75, 3.05) is 0 Å². The van der Waals surface area contributed by atoms with Gasteiger partial charge in [0.25, 0.3) is 0 Å². The fourth-order valence-electron chi connectivity index (χ4n) is 4.23. The number of aliphatic hydroxyl groups excluding tert-OH is 1. The summed E-state index contributed by atoms with van der Waals surface area (Å²) in [6.45, 7) is 10.2. The molecule has 4 aromatic rings. The minimum Gasteiger partial charge on any atom is -0.512 e. The Kier molecular flexibility index (Phi) is 11.9. The molecule has 0 spiro atoms. The minimum absolute atomic E-state index is 0. The maximum absolute atomic E-state index is 11.7. The van der Waals surface area contributed by atoms with Crippen LogP contribution >= 0.6 is 11.3 Å². The largest absolute Gasteiger partial charge is 0.512 e. The van der Waals surface area contributed by atoms with Crippen LogP contribution in [-0.2, 0) is 24.9 Å². The van der Waals surface area contributed by atoms with Crippen molar-refractivity contribution >= 4 is 38.2 Å². The Morgan fingerprint density at radius 3 is 2.36 bits per heavy atom. The summed E-state index contributed by atoms with van der Waals surface area (Å²) < 4.78 is 1.19. The number of thiophene rings is 1. The van der Waals surface area contributed by atoms with Crippen molar-refractivity contribution < 1.29 is 30.0 Å². The van der Waals surface area contributed by atoms with Crippen LogP contribution in [0.15, 0.2) is 60.5 Å². The number of allylic oxidation sites excluding steroid dienone is 2. The van der Waals surface area contributed by atoms with Crippen LogP contribution in [0.2, 0.25) is 0 Å². The topological polar surface area (TPSA) is 63.1 Å². The number of benzene rings is 1. The monoisotopic (exact) mass is 680 g/mol. The summed E-state index contributed by atoms with van der Waals surface area (Å²) in [5, 5.41) is 10.9. The fraction of sp³-hybridized carbons (Fsp3) is 0.367. The van der Waals surface area contributed by atoms with Gasteiger partial charge in [-0.05, 0) is 50.8 Å². The van der Waals surface area contributed by atoms with E-state index in [0.29, 0.717) is 0 Å². The Labute approximate surface area is 232 Å². The number of fused-ring (bicyclic) bond motifs is 3. The molecule has 0 aliphatic carbocycles. The third-order valence-corrected chi connectivity index (χ3v) is 7.45. The number of nitrogens with zero attached hydrogens (tertiary/aromatic N) is 2. The zero-order valence-electron chi connectivity index (χ0n) is 21.7. The molecule has 0 atom stereocenters. The van der Waals surface area contributed by atoms with E-state index in [4.69, 9.17) is 4.98 Å². The number of ketones is 1. The maximum atomic E-state index is 11.7. The Morgan fingerprint density at radius 1 is 1.06 bits per heavy atom. The van der Waals surface area contributed by atoms with Crippen LogP contribution in [-0.4, -0.2) is 20.9 Å². The van der Waals surface area contributed by atoms with Crippen LogP contribution in [0.3, 0.4) is 0 Å². The van der Waals surface area contributed by atoms with Crippen molar-refractivity contribution in [2.45, 2.75) is 60.3 Å². The number of aromatic nitrogens is 2. The summed E-state index contributed by atoms with van der Waals surface area (Å²) in [6.07, 6.45) is 6.73. The van der Waals surface area contributed by atoms with E-state index in [1.807, 2.05) is 64.2 Å². The number of carbonyl (C=O) groups is 1. The summed E-state index contributed by atoms with van der Waals surface area (Å²) in [6, 6.07) is 17.4.